The lowest BCUT2D eigenvalue weighted by molar-refractivity contribution is -0.124. The van der Waals surface area contributed by atoms with Crippen LogP contribution in [0.15, 0.2) is 0 Å². The second kappa shape index (κ2) is 20.5. The van der Waals surface area contributed by atoms with E-state index in [2.05, 4.69) is 38.8 Å². The van der Waals surface area contributed by atoms with Gasteiger partial charge in [0, 0.05) is 64.2 Å². The fraction of sp³-hybridized carbons (Fsp3) is 0.929. The van der Waals surface area contributed by atoms with E-state index >= 15 is 0 Å². The predicted molar refractivity (Wildman–Crippen MR) is 158 cm³/mol. The van der Waals surface area contributed by atoms with Gasteiger partial charge in [-0.3, -0.25) is 9.59 Å². The Bertz CT molecular complexity index is 559. The third-order valence-corrected chi connectivity index (χ3v) is 13.3. The maximum atomic E-state index is 13.1. The van der Waals surface area contributed by atoms with Crippen LogP contribution in [0, 0.1) is 11.8 Å². The molecule has 0 N–H and O–H groups in total. The molecule has 0 bridgehead atoms. The van der Waals surface area contributed by atoms with Crippen LogP contribution in [0.4, 0.5) is 0 Å². The molecule has 0 aromatic heterocycles. The van der Waals surface area contributed by atoms with Crippen molar-refractivity contribution in [2.75, 3.05) is 46.1 Å². The number of nitrogens with zero attached hydrogens (tertiary/aromatic N) is 1. The lowest BCUT2D eigenvalue weighted by atomic mass is 9.94. The van der Waals surface area contributed by atoms with Crippen molar-refractivity contribution >= 4 is 28.7 Å². The molecule has 0 radical (unpaired) electrons. The van der Waals surface area contributed by atoms with Gasteiger partial charge >= 0.3 is 17.1 Å². The van der Waals surface area contributed by atoms with Gasteiger partial charge in [0.25, 0.3) is 0 Å². The van der Waals surface area contributed by atoms with Crippen LogP contribution in [0.2, 0.25) is 25.2 Å². The minimum absolute atomic E-state index is 0.00348. The molecule has 0 saturated heterocycles. The Balaban J connectivity index is 4.86. The van der Waals surface area contributed by atoms with E-state index in [-0.39, 0.29) is 11.8 Å². The number of hydrogen-bond acceptors (Lipinski definition) is 7. The quantitative estimate of drug-likeness (QED) is 0.120. The SMILES string of the molecule is CCO[Si](C)(CCCC(=O)C(CC)CN(CC)CC(CC)C(=O)CCC[Si](C)(OCC)OCC)OCC. The molecule has 0 saturated carbocycles. The first kappa shape index (κ1) is 36.6. The largest absolute Gasteiger partial charge is 0.395 e. The van der Waals surface area contributed by atoms with Gasteiger partial charge in [0.1, 0.15) is 11.6 Å². The van der Waals surface area contributed by atoms with Crippen molar-refractivity contribution in [3.05, 3.63) is 0 Å². The van der Waals surface area contributed by atoms with E-state index in [0.29, 0.717) is 50.8 Å². The highest BCUT2D eigenvalue weighted by Crippen LogP contribution is 2.22. The summed E-state index contributed by atoms with van der Waals surface area (Å²) in [4.78, 5) is 28.5. The summed E-state index contributed by atoms with van der Waals surface area (Å²) in [5.74, 6) is 0.647. The molecule has 0 aliphatic heterocycles. The van der Waals surface area contributed by atoms with Crippen LogP contribution in [-0.4, -0.2) is 79.7 Å². The summed E-state index contributed by atoms with van der Waals surface area (Å²) in [5, 5.41) is 0. The van der Waals surface area contributed by atoms with Gasteiger partial charge in [-0.2, -0.15) is 0 Å². The van der Waals surface area contributed by atoms with Gasteiger partial charge in [-0.25, -0.2) is 0 Å². The first-order chi connectivity index (χ1) is 17.6. The molecule has 9 heteroatoms. The summed E-state index contributed by atoms with van der Waals surface area (Å²) >= 11 is 0. The highest BCUT2D eigenvalue weighted by molar-refractivity contribution is 6.66. The molecule has 7 nitrogen and oxygen atoms in total. The zero-order valence-electron chi connectivity index (χ0n) is 25.7. The van der Waals surface area contributed by atoms with Crippen LogP contribution >= 0.6 is 0 Å². The third kappa shape index (κ3) is 15.1. The fourth-order valence-corrected chi connectivity index (χ4v) is 9.87. The fourth-order valence-electron chi connectivity index (χ4n) is 5.04. The highest BCUT2D eigenvalue weighted by atomic mass is 28.4. The Morgan fingerprint density at radius 3 is 1.19 bits per heavy atom. The Hall–Kier alpha value is -0.426. The Morgan fingerprint density at radius 1 is 0.622 bits per heavy atom. The van der Waals surface area contributed by atoms with E-state index in [1.54, 1.807) is 0 Å². The molecular weight excluding hydrogens is 502 g/mol. The second-order valence-electron chi connectivity index (χ2n) is 10.2. The molecule has 0 spiro atoms. The number of rotatable bonds is 25. The van der Waals surface area contributed by atoms with Crippen molar-refractivity contribution in [3.8, 4) is 0 Å². The number of Topliss-reactive ketones (excluding diaryl/α,β-unsaturated/α-hetero) is 2. The van der Waals surface area contributed by atoms with Crippen molar-refractivity contribution in [2.45, 2.75) is 112 Å². The van der Waals surface area contributed by atoms with Crippen molar-refractivity contribution in [2.24, 2.45) is 11.8 Å². The molecule has 0 heterocycles. The minimum atomic E-state index is -2.19. The number of ketones is 2. The number of hydrogen-bond donors (Lipinski definition) is 0. The molecule has 2 atom stereocenters. The van der Waals surface area contributed by atoms with Crippen LogP contribution in [0.5, 0.6) is 0 Å². The summed E-state index contributed by atoms with van der Waals surface area (Å²) in [7, 11) is -4.37. The molecule has 0 rings (SSSR count). The molecule has 0 aromatic rings. The van der Waals surface area contributed by atoms with Gasteiger partial charge in [0.2, 0.25) is 0 Å². The Kier molecular flexibility index (Phi) is 20.2. The average molecular weight is 562 g/mol. The molecular formula is C28H59NO6Si2. The molecule has 2 unspecified atom stereocenters. The van der Waals surface area contributed by atoms with Gasteiger partial charge in [0.15, 0.2) is 0 Å². The Labute approximate surface area is 230 Å². The Morgan fingerprint density at radius 2 is 0.946 bits per heavy atom. The smallest absolute Gasteiger partial charge is 0.334 e. The summed E-state index contributed by atoms with van der Waals surface area (Å²) in [5.41, 5.74) is 0. The zero-order chi connectivity index (χ0) is 28.3. The zero-order valence-corrected chi connectivity index (χ0v) is 27.7. The molecule has 220 valence electrons. The second-order valence-corrected chi connectivity index (χ2v) is 16.9. The van der Waals surface area contributed by atoms with Gasteiger partial charge in [-0.1, -0.05) is 20.8 Å². The van der Waals surface area contributed by atoms with E-state index in [4.69, 9.17) is 17.7 Å². The average Bonchev–Trinajstić information content (AvgIpc) is 2.84. The molecule has 37 heavy (non-hydrogen) atoms. The van der Waals surface area contributed by atoms with E-state index in [1.165, 1.54) is 0 Å². The first-order valence-corrected chi connectivity index (χ1v) is 19.9. The molecule has 0 aliphatic carbocycles. The van der Waals surface area contributed by atoms with Crippen LogP contribution in [-0.2, 0) is 27.3 Å². The predicted octanol–water partition coefficient (Wildman–Crippen LogP) is 6.35. The third-order valence-electron chi connectivity index (χ3n) is 7.21. The van der Waals surface area contributed by atoms with E-state index < -0.39 is 17.1 Å². The summed E-state index contributed by atoms with van der Waals surface area (Å²) in [6, 6.07) is 1.69. The van der Waals surface area contributed by atoms with E-state index in [9.17, 15) is 9.59 Å². The van der Waals surface area contributed by atoms with Crippen LogP contribution in [0.25, 0.3) is 0 Å². The van der Waals surface area contributed by atoms with Gasteiger partial charge in [-0.05, 0) is 85.1 Å². The normalized spacial score (nSPS) is 14.2. The topological polar surface area (TPSA) is 74.3 Å². The standard InChI is InChI=1S/C28H59NO6Si2/c1-10-25(27(30)19-17-21-36(8,32-13-4)33-14-5)23-29(12-3)24-26(11-2)28(31)20-18-22-37(9,34-15-6)35-16-7/h25-26H,10-24H2,1-9H3. The summed E-state index contributed by atoms with van der Waals surface area (Å²) < 4.78 is 23.7. The van der Waals surface area contributed by atoms with Gasteiger partial charge < -0.3 is 22.6 Å². The van der Waals surface area contributed by atoms with E-state index in [1.807, 2.05) is 27.7 Å². The summed E-state index contributed by atoms with van der Waals surface area (Å²) in [6.07, 6.45) is 4.40. The molecule has 0 fully saturated rings. The lowest BCUT2D eigenvalue weighted by Crippen LogP contribution is -2.40. The van der Waals surface area contributed by atoms with Gasteiger partial charge in [0.05, 0.1) is 0 Å². The van der Waals surface area contributed by atoms with Crippen molar-refractivity contribution in [1.82, 2.24) is 4.90 Å². The minimum Gasteiger partial charge on any atom is -0.395 e. The van der Waals surface area contributed by atoms with Crippen molar-refractivity contribution < 1.29 is 27.3 Å². The molecule has 0 aliphatic rings. The summed E-state index contributed by atoms with van der Waals surface area (Å²) in [6.45, 7) is 23.4. The first-order valence-electron chi connectivity index (χ1n) is 14.9. The number of carbonyl (C=O) groups excluding carboxylic acids is 2. The van der Waals surface area contributed by atoms with Gasteiger partial charge in [-0.15, -0.1) is 0 Å². The maximum Gasteiger partial charge on any atom is 0.334 e. The van der Waals surface area contributed by atoms with Crippen LogP contribution < -0.4 is 0 Å². The lowest BCUT2D eigenvalue weighted by Gasteiger charge is -2.29. The van der Waals surface area contributed by atoms with Crippen LogP contribution in [0.1, 0.15) is 87.0 Å². The molecule has 0 aromatic carbocycles. The van der Waals surface area contributed by atoms with Crippen LogP contribution in [0.3, 0.4) is 0 Å². The maximum absolute atomic E-state index is 13.1. The van der Waals surface area contributed by atoms with Crippen molar-refractivity contribution in [3.63, 3.8) is 0 Å². The highest BCUT2D eigenvalue weighted by Gasteiger charge is 2.32. The monoisotopic (exact) mass is 561 g/mol. The van der Waals surface area contributed by atoms with Crippen molar-refractivity contribution in [1.29, 1.82) is 0 Å². The molecule has 0 amide bonds. The number of carbonyl (C=O) groups is 2. The van der Waals surface area contributed by atoms with E-state index in [0.717, 1.165) is 57.4 Å².